The summed E-state index contributed by atoms with van der Waals surface area (Å²) in [7, 11) is 1.81. The Morgan fingerprint density at radius 1 is 1.10 bits per heavy atom. The first-order valence-electron chi connectivity index (χ1n) is 11.1. The maximum Gasteiger partial charge on any atom is 0.254 e. The number of nitrogens with zero attached hydrogens (tertiary/aromatic N) is 2. The average Bonchev–Trinajstić information content (AvgIpc) is 3.16. The zero-order chi connectivity index (χ0) is 20.9. The summed E-state index contributed by atoms with van der Waals surface area (Å²) in [5.74, 6) is -0.397. The largest absolute Gasteiger partial charge is 0.355 e. The number of hydrogen-bond acceptors (Lipinski definition) is 4. The van der Waals surface area contributed by atoms with Gasteiger partial charge in [-0.3, -0.25) is 9.59 Å². The number of thiophene rings is 1. The van der Waals surface area contributed by atoms with E-state index in [0.717, 1.165) is 23.4 Å². The number of amides is 2. The molecule has 4 rings (SSSR count). The first-order chi connectivity index (χ1) is 14.7. The van der Waals surface area contributed by atoms with Gasteiger partial charge in [0, 0.05) is 24.0 Å². The number of benzene rings is 1. The number of fused-ring (bicyclic) bond motifs is 1. The number of likely N-dealkylation sites (tertiary alicyclic amines) is 1. The minimum atomic E-state index is -0.388. The Kier molecular flexibility index (Phi) is 6.85. The Balaban J connectivity index is 1.47. The Morgan fingerprint density at radius 2 is 1.87 bits per heavy atom. The number of nitrogens with one attached hydrogen (secondary N) is 1. The molecule has 0 spiro atoms. The summed E-state index contributed by atoms with van der Waals surface area (Å²) < 4.78 is 0. The summed E-state index contributed by atoms with van der Waals surface area (Å²) in [6.07, 6.45) is 6.20. The number of likely N-dealkylation sites (N-methyl/N-ethyl adjacent to an activating group) is 1. The highest BCUT2D eigenvalue weighted by atomic mass is 32.1. The van der Waals surface area contributed by atoms with Crippen LogP contribution in [0.15, 0.2) is 41.8 Å². The van der Waals surface area contributed by atoms with Crippen LogP contribution in [0.3, 0.4) is 0 Å². The zero-order valence-corrected chi connectivity index (χ0v) is 18.5. The third kappa shape index (κ3) is 4.44. The lowest BCUT2D eigenvalue weighted by Gasteiger charge is -2.39. The van der Waals surface area contributed by atoms with Crippen molar-refractivity contribution in [3.63, 3.8) is 0 Å². The SMILES string of the molecule is CN1C(=O)c2ccccc2[C@@H](C(=O)NCCCN2CCCCCC2)[C@H]1c1cccs1. The molecule has 5 nitrogen and oxygen atoms in total. The van der Waals surface area contributed by atoms with E-state index in [1.807, 2.05) is 48.8 Å². The van der Waals surface area contributed by atoms with E-state index < -0.39 is 0 Å². The van der Waals surface area contributed by atoms with Crippen molar-refractivity contribution in [1.29, 1.82) is 0 Å². The Labute approximate surface area is 183 Å². The molecule has 2 amide bonds. The van der Waals surface area contributed by atoms with Gasteiger partial charge in [0.25, 0.3) is 5.91 Å². The molecule has 2 aliphatic rings. The van der Waals surface area contributed by atoms with Crippen molar-refractivity contribution in [2.75, 3.05) is 33.2 Å². The number of carbonyl (C=O) groups excluding carboxylic acids is 2. The molecule has 6 heteroatoms. The van der Waals surface area contributed by atoms with Crippen LogP contribution in [0.25, 0.3) is 0 Å². The van der Waals surface area contributed by atoms with Gasteiger partial charge in [-0.15, -0.1) is 11.3 Å². The molecule has 1 aromatic carbocycles. The molecular formula is C24H31N3O2S. The van der Waals surface area contributed by atoms with E-state index in [0.29, 0.717) is 12.1 Å². The smallest absolute Gasteiger partial charge is 0.254 e. The van der Waals surface area contributed by atoms with E-state index in [1.54, 1.807) is 16.2 Å². The van der Waals surface area contributed by atoms with Crippen LogP contribution in [0.1, 0.15) is 64.9 Å². The van der Waals surface area contributed by atoms with Crippen molar-refractivity contribution in [3.05, 3.63) is 57.8 Å². The van der Waals surface area contributed by atoms with E-state index in [2.05, 4.69) is 10.2 Å². The molecule has 2 aromatic rings. The fraction of sp³-hybridized carbons (Fsp3) is 0.500. The van der Waals surface area contributed by atoms with Gasteiger partial charge in [0.05, 0.1) is 12.0 Å². The number of rotatable bonds is 6. The average molecular weight is 426 g/mol. The van der Waals surface area contributed by atoms with Gasteiger partial charge < -0.3 is 15.1 Å². The number of carbonyl (C=O) groups is 2. The van der Waals surface area contributed by atoms with Gasteiger partial charge in [-0.05, 0) is 62.0 Å². The van der Waals surface area contributed by atoms with Gasteiger partial charge in [0.1, 0.15) is 0 Å². The van der Waals surface area contributed by atoms with Gasteiger partial charge in [0.2, 0.25) is 5.91 Å². The summed E-state index contributed by atoms with van der Waals surface area (Å²) >= 11 is 1.60. The summed E-state index contributed by atoms with van der Waals surface area (Å²) in [5.41, 5.74) is 1.47. The molecule has 0 bridgehead atoms. The highest BCUT2D eigenvalue weighted by Crippen LogP contribution is 2.43. The summed E-state index contributed by atoms with van der Waals surface area (Å²) in [6, 6.07) is 11.3. The van der Waals surface area contributed by atoms with Crippen LogP contribution in [0.4, 0.5) is 0 Å². The molecular weight excluding hydrogens is 394 g/mol. The summed E-state index contributed by atoms with van der Waals surface area (Å²) in [6.45, 7) is 4.06. The zero-order valence-electron chi connectivity index (χ0n) is 17.7. The minimum Gasteiger partial charge on any atom is -0.355 e. The van der Waals surface area contributed by atoms with Crippen molar-refractivity contribution in [2.24, 2.45) is 0 Å². The monoisotopic (exact) mass is 425 g/mol. The molecule has 1 fully saturated rings. The lowest BCUT2D eigenvalue weighted by Crippen LogP contribution is -2.45. The second-order valence-electron chi connectivity index (χ2n) is 8.34. The predicted octanol–water partition coefficient (Wildman–Crippen LogP) is 4.04. The van der Waals surface area contributed by atoms with Crippen LogP contribution in [0.2, 0.25) is 0 Å². The van der Waals surface area contributed by atoms with Crippen LogP contribution < -0.4 is 5.32 Å². The molecule has 0 radical (unpaired) electrons. The van der Waals surface area contributed by atoms with Crippen molar-refractivity contribution >= 4 is 23.2 Å². The van der Waals surface area contributed by atoms with E-state index in [4.69, 9.17) is 0 Å². The van der Waals surface area contributed by atoms with Crippen molar-refractivity contribution in [1.82, 2.24) is 15.1 Å². The standard InChI is InChI=1S/C24H31N3O2S/c1-26-22(20-12-8-17-30-20)21(18-10-4-5-11-19(18)24(26)29)23(28)25-13-9-16-27-14-6-2-3-7-15-27/h4-5,8,10-12,17,21-22H,2-3,6-7,9,13-16H2,1H3,(H,25,28)/t21-,22-/m1/s1. The Morgan fingerprint density at radius 3 is 2.60 bits per heavy atom. The van der Waals surface area contributed by atoms with Crippen LogP contribution in [-0.2, 0) is 4.79 Å². The molecule has 1 aromatic heterocycles. The normalized spacial score (nSPS) is 22.4. The van der Waals surface area contributed by atoms with E-state index in [9.17, 15) is 9.59 Å². The summed E-state index contributed by atoms with van der Waals surface area (Å²) in [5, 5.41) is 5.18. The fourth-order valence-electron chi connectivity index (χ4n) is 4.76. The number of hydrogen-bond donors (Lipinski definition) is 1. The predicted molar refractivity (Wildman–Crippen MR) is 121 cm³/mol. The highest BCUT2D eigenvalue weighted by molar-refractivity contribution is 7.10. The summed E-state index contributed by atoms with van der Waals surface area (Å²) in [4.78, 5) is 31.6. The van der Waals surface area contributed by atoms with Crippen LogP contribution in [-0.4, -0.2) is 54.8 Å². The maximum atomic E-state index is 13.4. The first-order valence-corrected chi connectivity index (χ1v) is 11.9. The van der Waals surface area contributed by atoms with Gasteiger partial charge in [-0.2, -0.15) is 0 Å². The third-order valence-corrected chi connectivity index (χ3v) is 7.29. The molecule has 2 atom stereocenters. The van der Waals surface area contributed by atoms with Gasteiger partial charge >= 0.3 is 0 Å². The van der Waals surface area contributed by atoms with E-state index >= 15 is 0 Å². The quantitative estimate of drug-likeness (QED) is 0.711. The molecule has 30 heavy (non-hydrogen) atoms. The molecule has 1 N–H and O–H groups in total. The Hall–Kier alpha value is -2.18. The topological polar surface area (TPSA) is 52.7 Å². The van der Waals surface area contributed by atoms with Gasteiger partial charge in [-0.25, -0.2) is 0 Å². The van der Waals surface area contributed by atoms with E-state index in [1.165, 1.54) is 38.8 Å². The van der Waals surface area contributed by atoms with Crippen molar-refractivity contribution in [2.45, 2.75) is 44.1 Å². The maximum absolute atomic E-state index is 13.4. The van der Waals surface area contributed by atoms with E-state index in [-0.39, 0.29) is 23.8 Å². The molecule has 0 saturated carbocycles. The molecule has 160 valence electrons. The van der Waals surface area contributed by atoms with Gasteiger partial charge in [0.15, 0.2) is 0 Å². The Bertz CT molecular complexity index is 859. The highest BCUT2D eigenvalue weighted by Gasteiger charge is 2.42. The molecule has 0 unspecified atom stereocenters. The lowest BCUT2D eigenvalue weighted by molar-refractivity contribution is -0.124. The van der Waals surface area contributed by atoms with Crippen molar-refractivity contribution < 1.29 is 9.59 Å². The first kappa shape index (κ1) is 21.1. The lowest BCUT2D eigenvalue weighted by atomic mass is 9.81. The molecule has 2 aliphatic heterocycles. The van der Waals surface area contributed by atoms with Crippen molar-refractivity contribution in [3.8, 4) is 0 Å². The van der Waals surface area contributed by atoms with Crippen LogP contribution >= 0.6 is 11.3 Å². The van der Waals surface area contributed by atoms with Gasteiger partial charge in [-0.1, -0.05) is 37.1 Å². The third-order valence-electron chi connectivity index (χ3n) is 6.35. The molecule has 1 saturated heterocycles. The van der Waals surface area contributed by atoms with Crippen LogP contribution in [0, 0.1) is 0 Å². The second-order valence-corrected chi connectivity index (χ2v) is 9.32. The van der Waals surface area contributed by atoms with Crippen LogP contribution in [0.5, 0.6) is 0 Å². The molecule has 3 heterocycles. The minimum absolute atomic E-state index is 0.0102. The fourth-order valence-corrected chi connectivity index (χ4v) is 5.66. The molecule has 0 aliphatic carbocycles. The second kappa shape index (κ2) is 9.75.